The Labute approximate surface area is 197 Å². The molecule has 1 aliphatic heterocycles. The van der Waals surface area contributed by atoms with Gasteiger partial charge in [0.25, 0.3) is 0 Å². The van der Waals surface area contributed by atoms with Crippen molar-refractivity contribution in [1.29, 1.82) is 0 Å². The number of rotatable bonds is 8. The maximum absolute atomic E-state index is 11.6. The molecule has 1 aliphatic rings. The molecule has 9 heteroatoms. The third-order valence-corrected chi connectivity index (χ3v) is 6.63. The summed E-state index contributed by atoms with van der Waals surface area (Å²) in [7, 11) is 1.65. The predicted molar refractivity (Wildman–Crippen MR) is 133 cm³/mol. The van der Waals surface area contributed by atoms with Crippen LogP contribution in [0.3, 0.4) is 0 Å². The smallest absolute Gasteiger partial charge is 0.249 e. The molecule has 0 aliphatic carbocycles. The molecule has 0 bridgehead atoms. The maximum atomic E-state index is 11.6. The molecule has 2 aromatic carbocycles. The van der Waals surface area contributed by atoms with Crippen LogP contribution in [0.15, 0.2) is 52.6 Å². The Kier molecular flexibility index (Phi) is 6.02. The van der Waals surface area contributed by atoms with Gasteiger partial charge in [-0.1, -0.05) is 0 Å². The van der Waals surface area contributed by atoms with Gasteiger partial charge in [0, 0.05) is 54.5 Å². The lowest BCUT2D eigenvalue weighted by molar-refractivity contribution is 0.186. The van der Waals surface area contributed by atoms with Crippen molar-refractivity contribution in [2.75, 3.05) is 43.5 Å². The van der Waals surface area contributed by atoms with Gasteiger partial charge in [0.1, 0.15) is 6.33 Å². The van der Waals surface area contributed by atoms with Crippen LogP contribution in [0.1, 0.15) is 18.9 Å². The molecule has 2 N–H and O–H groups in total. The first kappa shape index (κ1) is 22.1. The first-order chi connectivity index (χ1) is 16.5. The number of H-pyrrole nitrogens is 1. The van der Waals surface area contributed by atoms with Crippen molar-refractivity contribution < 1.29 is 4.74 Å². The van der Waals surface area contributed by atoms with Gasteiger partial charge in [-0.2, -0.15) is 0 Å². The van der Waals surface area contributed by atoms with E-state index in [1.165, 1.54) is 11.6 Å². The van der Waals surface area contributed by atoms with Crippen molar-refractivity contribution in [2.45, 2.75) is 25.8 Å². The first-order valence-corrected chi connectivity index (χ1v) is 11.5. The molecule has 1 unspecified atom stereocenters. The van der Waals surface area contributed by atoms with Crippen molar-refractivity contribution >= 4 is 28.1 Å². The molecule has 176 valence electrons. The lowest BCUT2D eigenvalue weighted by atomic mass is 10.1. The second-order valence-corrected chi connectivity index (χ2v) is 8.80. The minimum atomic E-state index is -0.457. The predicted octanol–water partition coefficient (Wildman–Crippen LogP) is 2.45. The van der Waals surface area contributed by atoms with Gasteiger partial charge in [0.2, 0.25) is 10.9 Å². The van der Waals surface area contributed by atoms with Crippen LogP contribution in [0.25, 0.3) is 10.9 Å². The summed E-state index contributed by atoms with van der Waals surface area (Å²) in [5, 5.41) is 4.19. The van der Waals surface area contributed by atoms with Gasteiger partial charge in [-0.15, -0.1) is 0 Å². The summed E-state index contributed by atoms with van der Waals surface area (Å²) >= 11 is 0. The summed E-state index contributed by atoms with van der Waals surface area (Å²) in [5.41, 5.74) is 2.57. The van der Waals surface area contributed by atoms with E-state index in [1.54, 1.807) is 19.6 Å². The van der Waals surface area contributed by atoms with Crippen LogP contribution >= 0.6 is 0 Å². The van der Waals surface area contributed by atoms with Crippen LogP contribution < -0.4 is 25.8 Å². The normalized spacial score (nSPS) is 16.9. The third kappa shape index (κ3) is 4.26. The number of fused-ring (bicyclic) bond motifs is 1. The van der Waals surface area contributed by atoms with Crippen LogP contribution in [0.4, 0.5) is 17.2 Å². The monoisotopic (exact) mass is 460 g/mol. The van der Waals surface area contributed by atoms with E-state index in [0.717, 1.165) is 61.4 Å². The van der Waals surface area contributed by atoms with Gasteiger partial charge in [-0.25, -0.2) is 9.97 Å². The Balaban J connectivity index is 1.18. The third-order valence-electron chi connectivity index (χ3n) is 6.63. The highest BCUT2D eigenvalue weighted by atomic mass is 16.5. The van der Waals surface area contributed by atoms with E-state index in [-0.39, 0.29) is 0 Å². The molecule has 34 heavy (non-hydrogen) atoms. The van der Waals surface area contributed by atoms with Crippen molar-refractivity contribution in [1.82, 2.24) is 19.9 Å². The standard InChI is InChI=1S/C25H28N6O3/c1-16-14-31(25-23(34-2)13-26-15-28-25)9-8-30(16)7-3-4-17-12-27-20-6-5-18(10-19(17)20)29-21-11-22(32)24(21)33/h5-6,10-13,15-16,27,29H,3-4,7-9,14H2,1-2H3. The van der Waals surface area contributed by atoms with Crippen molar-refractivity contribution in [3.63, 3.8) is 0 Å². The second kappa shape index (κ2) is 9.26. The molecule has 0 amide bonds. The molecule has 1 fully saturated rings. The molecule has 0 spiro atoms. The van der Waals surface area contributed by atoms with E-state index in [0.29, 0.717) is 17.5 Å². The van der Waals surface area contributed by atoms with E-state index < -0.39 is 10.9 Å². The largest absolute Gasteiger partial charge is 0.491 e. The number of hydrogen-bond acceptors (Lipinski definition) is 8. The zero-order valence-electron chi connectivity index (χ0n) is 19.4. The Morgan fingerprint density at radius 2 is 2.12 bits per heavy atom. The van der Waals surface area contributed by atoms with Crippen LogP contribution in [0.5, 0.6) is 5.75 Å². The average molecular weight is 461 g/mol. The zero-order valence-corrected chi connectivity index (χ0v) is 19.4. The summed E-state index contributed by atoms with van der Waals surface area (Å²) in [5.74, 6) is 1.57. The van der Waals surface area contributed by atoms with E-state index >= 15 is 0 Å². The number of anilines is 3. The zero-order chi connectivity index (χ0) is 23.7. The number of nitrogens with zero attached hydrogens (tertiary/aromatic N) is 4. The number of benzene rings is 1. The fourth-order valence-electron chi connectivity index (χ4n) is 4.71. The van der Waals surface area contributed by atoms with Crippen molar-refractivity contribution in [2.24, 2.45) is 0 Å². The second-order valence-electron chi connectivity index (χ2n) is 8.80. The highest BCUT2D eigenvalue weighted by molar-refractivity contribution is 5.87. The maximum Gasteiger partial charge on any atom is 0.249 e. The topological polar surface area (TPSA) is 103 Å². The van der Waals surface area contributed by atoms with Gasteiger partial charge in [0.15, 0.2) is 11.6 Å². The number of aromatic nitrogens is 3. The molecule has 0 saturated carbocycles. The van der Waals surface area contributed by atoms with Gasteiger partial charge in [0.05, 0.1) is 19.0 Å². The van der Waals surface area contributed by atoms with E-state index in [1.807, 2.05) is 18.2 Å². The molecule has 3 heterocycles. The van der Waals surface area contributed by atoms with Crippen molar-refractivity contribution in [3.05, 3.63) is 69.0 Å². The molecule has 9 nitrogen and oxygen atoms in total. The minimum Gasteiger partial charge on any atom is -0.491 e. The Morgan fingerprint density at radius 3 is 2.88 bits per heavy atom. The molecular formula is C25H28N6O3. The fourth-order valence-corrected chi connectivity index (χ4v) is 4.71. The number of nitrogens with one attached hydrogen (secondary N) is 2. The van der Waals surface area contributed by atoms with Gasteiger partial charge in [-0.05, 0) is 50.1 Å². The first-order valence-electron chi connectivity index (χ1n) is 11.5. The Hall–Kier alpha value is -3.72. The SMILES string of the molecule is COc1cncnc1N1CCN(CCCc2c[nH]c3ccc(Nc4cc(=O)c4=O)cc23)C(C)C1. The Bertz CT molecular complexity index is 1370. The number of methoxy groups -OCH3 is 1. The molecule has 2 aromatic heterocycles. The molecular weight excluding hydrogens is 432 g/mol. The number of piperazine rings is 1. The number of aryl methyl sites for hydroxylation is 1. The number of aromatic amines is 1. The summed E-state index contributed by atoms with van der Waals surface area (Å²) in [6, 6.07) is 7.69. The summed E-state index contributed by atoms with van der Waals surface area (Å²) in [4.78, 5) is 39.4. The van der Waals surface area contributed by atoms with E-state index in [2.05, 4.69) is 43.2 Å². The molecule has 1 saturated heterocycles. The molecule has 1 atom stereocenters. The minimum absolute atomic E-state index is 0.356. The average Bonchev–Trinajstić information content (AvgIpc) is 3.26. The molecule has 0 radical (unpaired) electrons. The highest BCUT2D eigenvalue weighted by Crippen LogP contribution is 2.27. The van der Waals surface area contributed by atoms with Crippen molar-refractivity contribution in [3.8, 4) is 5.75 Å². The number of hydrogen-bond donors (Lipinski definition) is 2. The summed E-state index contributed by atoms with van der Waals surface area (Å²) < 4.78 is 5.43. The quantitative estimate of drug-likeness (QED) is 0.387. The number of ether oxygens (including phenoxy) is 1. The Morgan fingerprint density at radius 1 is 1.24 bits per heavy atom. The summed E-state index contributed by atoms with van der Waals surface area (Å²) in [6.45, 7) is 6.04. The van der Waals surface area contributed by atoms with Gasteiger partial charge < -0.3 is 19.9 Å². The van der Waals surface area contributed by atoms with E-state index in [4.69, 9.17) is 4.74 Å². The van der Waals surface area contributed by atoms with Crippen LogP contribution in [-0.2, 0) is 6.42 Å². The van der Waals surface area contributed by atoms with Crippen LogP contribution in [0.2, 0.25) is 0 Å². The molecule has 4 aromatic rings. The fraction of sp³-hybridized carbons (Fsp3) is 0.360. The van der Waals surface area contributed by atoms with Gasteiger partial charge >= 0.3 is 0 Å². The van der Waals surface area contributed by atoms with Crippen LogP contribution in [-0.4, -0.2) is 59.2 Å². The highest BCUT2D eigenvalue weighted by Gasteiger charge is 2.26. The summed E-state index contributed by atoms with van der Waals surface area (Å²) in [6.07, 6.45) is 7.34. The van der Waals surface area contributed by atoms with E-state index in [9.17, 15) is 9.59 Å². The van der Waals surface area contributed by atoms with Crippen LogP contribution in [0, 0.1) is 0 Å². The van der Waals surface area contributed by atoms with Gasteiger partial charge in [-0.3, -0.25) is 14.5 Å². The lowest BCUT2D eigenvalue weighted by Crippen LogP contribution is -2.52. The lowest BCUT2D eigenvalue weighted by Gasteiger charge is -2.40. The molecule has 5 rings (SSSR count).